The monoisotopic (exact) mass is 404 g/mol. The van der Waals surface area contributed by atoms with Gasteiger partial charge in [-0.3, -0.25) is 4.79 Å². The molecule has 1 N–H and O–H groups in total. The van der Waals surface area contributed by atoms with Crippen molar-refractivity contribution in [1.29, 1.82) is 0 Å². The number of halogens is 2. The lowest BCUT2D eigenvalue weighted by Crippen LogP contribution is -2.21. The summed E-state index contributed by atoms with van der Waals surface area (Å²) in [6.07, 6.45) is 0. The molecule has 0 unspecified atom stereocenters. The van der Waals surface area contributed by atoms with Gasteiger partial charge in [-0.15, -0.1) is 11.3 Å². The number of hydrogen-bond acceptors (Lipinski definition) is 6. The highest BCUT2D eigenvalue weighted by Gasteiger charge is 2.16. The first-order valence-electron chi connectivity index (χ1n) is 7.98. The summed E-state index contributed by atoms with van der Waals surface area (Å²) in [6.45, 7) is -0.663. The molecule has 144 valence electrons. The Hall–Kier alpha value is -3.33. The number of thiazole rings is 1. The van der Waals surface area contributed by atoms with E-state index in [1.54, 1.807) is 31.4 Å². The summed E-state index contributed by atoms with van der Waals surface area (Å²) < 4.78 is 36.6. The molecule has 1 aromatic heterocycles. The predicted octanol–water partition coefficient (Wildman–Crippen LogP) is 3.89. The zero-order chi connectivity index (χ0) is 20.1. The molecule has 0 bridgehead atoms. The smallest absolute Gasteiger partial charge is 0.358 e. The maximum absolute atomic E-state index is 13.5. The van der Waals surface area contributed by atoms with Crippen LogP contribution < -0.4 is 10.1 Å². The van der Waals surface area contributed by atoms with Gasteiger partial charge in [0.1, 0.15) is 22.4 Å². The van der Waals surface area contributed by atoms with Crippen LogP contribution in [0.5, 0.6) is 5.75 Å². The van der Waals surface area contributed by atoms with Crippen LogP contribution in [0.1, 0.15) is 10.5 Å². The number of nitrogens with one attached hydrogen (secondary N) is 1. The molecular weight excluding hydrogens is 390 g/mol. The van der Waals surface area contributed by atoms with E-state index in [1.165, 1.54) is 16.7 Å². The summed E-state index contributed by atoms with van der Waals surface area (Å²) in [5.74, 6) is -2.41. The summed E-state index contributed by atoms with van der Waals surface area (Å²) in [5, 5.41) is 4.24. The van der Waals surface area contributed by atoms with E-state index in [2.05, 4.69) is 10.3 Å². The second kappa shape index (κ2) is 8.57. The molecule has 9 heteroatoms. The van der Waals surface area contributed by atoms with Crippen LogP contribution in [0.2, 0.25) is 0 Å². The van der Waals surface area contributed by atoms with Crippen LogP contribution in [0.4, 0.5) is 14.5 Å². The van der Waals surface area contributed by atoms with E-state index < -0.39 is 30.1 Å². The molecule has 0 saturated heterocycles. The van der Waals surface area contributed by atoms with Crippen molar-refractivity contribution in [3.63, 3.8) is 0 Å². The molecule has 6 nitrogen and oxygen atoms in total. The fourth-order valence-electron chi connectivity index (χ4n) is 2.22. The highest BCUT2D eigenvalue weighted by Crippen LogP contribution is 2.26. The quantitative estimate of drug-likeness (QED) is 0.631. The number of esters is 1. The Bertz CT molecular complexity index is 1010. The molecule has 0 fully saturated rings. The van der Waals surface area contributed by atoms with Gasteiger partial charge >= 0.3 is 5.97 Å². The predicted molar refractivity (Wildman–Crippen MR) is 99.4 cm³/mol. The molecule has 28 heavy (non-hydrogen) atoms. The maximum Gasteiger partial charge on any atom is 0.358 e. The molecule has 0 aliphatic rings. The molecule has 0 aliphatic carbocycles. The molecule has 3 rings (SSSR count). The van der Waals surface area contributed by atoms with Crippen LogP contribution in [0.3, 0.4) is 0 Å². The first-order valence-corrected chi connectivity index (χ1v) is 8.86. The third-order valence-corrected chi connectivity index (χ3v) is 4.48. The van der Waals surface area contributed by atoms with E-state index in [4.69, 9.17) is 9.47 Å². The van der Waals surface area contributed by atoms with Crippen molar-refractivity contribution in [1.82, 2.24) is 4.98 Å². The van der Waals surface area contributed by atoms with E-state index >= 15 is 0 Å². The van der Waals surface area contributed by atoms with Gasteiger partial charge < -0.3 is 14.8 Å². The van der Waals surface area contributed by atoms with E-state index in [-0.39, 0.29) is 11.4 Å². The molecule has 3 aromatic rings. The van der Waals surface area contributed by atoms with Gasteiger partial charge in [-0.1, -0.05) is 0 Å². The topological polar surface area (TPSA) is 77.5 Å². The number of anilines is 1. The highest BCUT2D eigenvalue weighted by molar-refractivity contribution is 7.13. The lowest BCUT2D eigenvalue weighted by atomic mass is 10.2. The lowest BCUT2D eigenvalue weighted by molar-refractivity contribution is -0.119. The summed E-state index contributed by atoms with van der Waals surface area (Å²) in [7, 11) is 1.56. The zero-order valence-corrected chi connectivity index (χ0v) is 15.4. The number of ether oxygens (including phenoxy) is 2. The number of aromatic nitrogens is 1. The Kier molecular flexibility index (Phi) is 5.95. The van der Waals surface area contributed by atoms with Crippen LogP contribution in [0.15, 0.2) is 47.8 Å². The number of rotatable bonds is 6. The number of amides is 1. The van der Waals surface area contributed by atoms with Gasteiger partial charge in [0.2, 0.25) is 0 Å². The van der Waals surface area contributed by atoms with Crippen molar-refractivity contribution < 1.29 is 27.8 Å². The van der Waals surface area contributed by atoms with Crippen molar-refractivity contribution in [2.45, 2.75) is 0 Å². The maximum atomic E-state index is 13.5. The van der Waals surface area contributed by atoms with Gasteiger partial charge in [0.15, 0.2) is 12.3 Å². The lowest BCUT2D eigenvalue weighted by Gasteiger charge is -2.07. The Morgan fingerprint density at radius 2 is 1.89 bits per heavy atom. The molecule has 0 radical (unpaired) electrons. The average Bonchev–Trinajstić information content (AvgIpc) is 3.19. The SMILES string of the molecule is COc1ccc(-c2nc(C(=O)OCC(=O)Nc3cc(F)ccc3F)cs2)cc1. The van der Waals surface area contributed by atoms with Crippen LogP contribution in [-0.2, 0) is 9.53 Å². The molecule has 0 saturated carbocycles. The number of nitrogens with zero attached hydrogens (tertiary/aromatic N) is 1. The third kappa shape index (κ3) is 4.68. The van der Waals surface area contributed by atoms with Crippen molar-refractivity contribution in [2.24, 2.45) is 0 Å². The van der Waals surface area contributed by atoms with Crippen molar-refractivity contribution in [2.75, 3.05) is 19.0 Å². The molecule has 0 spiro atoms. The van der Waals surface area contributed by atoms with E-state index in [0.717, 1.165) is 23.8 Å². The minimum absolute atomic E-state index is 0.0422. The van der Waals surface area contributed by atoms with Crippen LogP contribution in [0, 0.1) is 11.6 Å². The van der Waals surface area contributed by atoms with Crippen molar-refractivity contribution in [3.8, 4) is 16.3 Å². The molecule has 2 aromatic carbocycles. The Morgan fingerprint density at radius 3 is 2.61 bits per heavy atom. The van der Waals surface area contributed by atoms with E-state index in [9.17, 15) is 18.4 Å². The Morgan fingerprint density at radius 1 is 1.14 bits per heavy atom. The summed E-state index contributed by atoms with van der Waals surface area (Å²) in [4.78, 5) is 28.0. The largest absolute Gasteiger partial charge is 0.497 e. The van der Waals surface area contributed by atoms with Gasteiger partial charge in [-0.2, -0.15) is 0 Å². The summed E-state index contributed by atoms with van der Waals surface area (Å²) >= 11 is 1.24. The van der Waals surface area contributed by atoms with Gasteiger partial charge in [0.25, 0.3) is 5.91 Å². The fraction of sp³-hybridized carbons (Fsp3) is 0.105. The average molecular weight is 404 g/mol. The van der Waals surface area contributed by atoms with E-state index in [0.29, 0.717) is 10.8 Å². The number of methoxy groups -OCH3 is 1. The molecule has 0 aliphatic heterocycles. The Balaban J connectivity index is 1.58. The van der Waals surface area contributed by atoms with Gasteiger partial charge in [0, 0.05) is 17.0 Å². The first kappa shape index (κ1) is 19.4. The number of carbonyl (C=O) groups excluding carboxylic acids is 2. The van der Waals surface area contributed by atoms with Gasteiger partial charge in [-0.25, -0.2) is 18.6 Å². The first-order chi connectivity index (χ1) is 13.5. The fourth-order valence-corrected chi connectivity index (χ4v) is 3.01. The molecular formula is C19H14F2N2O4S. The van der Waals surface area contributed by atoms with Crippen LogP contribution in [0.25, 0.3) is 10.6 Å². The molecule has 0 atom stereocenters. The highest BCUT2D eigenvalue weighted by atomic mass is 32.1. The van der Waals surface area contributed by atoms with E-state index in [1.807, 2.05) is 0 Å². The van der Waals surface area contributed by atoms with Crippen LogP contribution in [-0.4, -0.2) is 30.6 Å². The van der Waals surface area contributed by atoms with Crippen LogP contribution >= 0.6 is 11.3 Å². The summed E-state index contributed by atoms with van der Waals surface area (Å²) in [5.41, 5.74) is 0.501. The minimum Gasteiger partial charge on any atom is -0.497 e. The normalized spacial score (nSPS) is 10.4. The number of carbonyl (C=O) groups is 2. The van der Waals surface area contributed by atoms with Crippen molar-refractivity contribution in [3.05, 3.63) is 65.2 Å². The second-order valence-electron chi connectivity index (χ2n) is 5.51. The molecule has 1 amide bonds. The van der Waals surface area contributed by atoms with Crippen molar-refractivity contribution >= 4 is 28.9 Å². The van der Waals surface area contributed by atoms with Gasteiger partial charge in [-0.05, 0) is 36.4 Å². The minimum atomic E-state index is -0.802. The Labute approximate surface area is 162 Å². The number of benzene rings is 2. The second-order valence-corrected chi connectivity index (χ2v) is 6.37. The summed E-state index contributed by atoms with van der Waals surface area (Å²) in [6, 6.07) is 9.77. The third-order valence-electron chi connectivity index (χ3n) is 3.59. The number of hydrogen-bond donors (Lipinski definition) is 1. The van der Waals surface area contributed by atoms with Gasteiger partial charge in [0.05, 0.1) is 12.8 Å². The molecule has 1 heterocycles. The zero-order valence-electron chi connectivity index (χ0n) is 14.6. The standard InChI is InChI=1S/C19H14F2N2O4S/c1-26-13-5-2-11(3-6-13)18-23-16(10-28-18)19(25)27-9-17(24)22-15-8-12(20)4-7-14(15)21/h2-8,10H,9H2,1H3,(H,22,24).